The fraction of sp³-hybridized carbons (Fsp3) is 0.833. The van der Waals surface area contributed by atoms with Crippen LogP contribution in [0.1, 0.15) is 32.1 Å². The summed E-state index contributed by atoms with van der Waals surface area (Å²) in [5.41, 5.74) is 0. The summed E-state index contributed by atoms with van der Waals surface area (Å²) < 4.78 is 0. The van der Waals surface area contributed by atoms with E-state index in [9.17, 15) is 9.59 Å². The molecule has 2 aliphatic heterocycles. The zero-order chi connectivity index (χ0) is 11.4. The highest BCUT2D eigenvalue weighted by Gasteiger charge is 2.28. The molecule has 2 rings (SSSR count). The minimum absolute atomic E-state index is 0.161. The third-order valence-electron chi connectivity index (χ3n) is 3.70. The molecule has 4 nitrogen and oxygen atoms in total. The highest BCUT2D eigenvalue weighted by atomic mass is 16.2. The van der Waals surface area contributed by atoms with E-state index >= 15 is 0 Å². The van der Waals surface area contributed by atoms with Gasteiger partial charge in [0.2, 0.25) is 12.3 Å². The van der Waals surface area contributed by atoms with Gasteiger partial charge in [0.15, 0.2) is 0 Å². The number of rotatable bonds is 2. The minimum Gasteiger partial charge on any atom is -0.345 e. The Hall–Kier alpha value is -1.06. The van der Waals surface area contributed by atoms with Gasteiger partial charge in [-0.1, -0.05) is 0 Å². The first-order chi connectivity index (χ1) is 7.81. The van der Waals surface area contributed by atoms with Crippen LogP contribution in [0.4, 0.5) is 0 Å². The largest absolute Gasteiger partial charge is 0.345 e. The summed E-state index contributed by atoms with van der Waals surface area (Å²) in [5.74, 6) is 0.486. The summed E-state index contributed by atoms with van der Waals surface area (Å²) in [7, 11) is 0. The molecule has 0 atom stereocenters. The maximum absolute atomic E-state index is 12.2. The molecule has 90 valence electrons. The Morgan fingerprint density at radius 3 is 2.19 bits per heavy atom. The topological polar surface area (TPSA) is 40.6 Å². The Bertz CT molecular complexity index is 254. The van der Waals surface area contributed by atoms with Gasteiger partial charge in [-0.05, 0) is 32.1 Å². The van der Waals surface area contributed by atoms with Crippen molar-refractivity contribution in [3.8, 4) is 0 Å². The summed E-state index contributed by atoms with van der Waals surface area (Å²) in [4.78, 5) is 26.5. The molecule has 0 saturated carbocycles. The molecular weight excluding hydrogens is 204 g/mol. The van der Waals surface area contributed by atoms with E-state index in [2.05, 4.69) is 0 Å². The van der Waals surface area contributed by atoms with E-state index in [1.165, 1.54) is 6.42 Å². The van der Waals surface area contributed by atoms with E-state index in [-0.39, 0.29) is 5.92 Å². The number of carbonyl (C=O) groups is 2. The van der Waals surface area contributed by atoms with Crippen LogP contribution in [0.2, 0.25) is 0 Å². The predicted molar refractivity (Wildman–Crippen MR) is 60.8 cm³/mol. The van der Waals surface area contributed by atoms with Crippen LogP contribution in [-0.4, -0.2) is 48.3 Å². The Morgan fingerprint density at radius 2 is 1.62 bits per heavy atom. The minimum atomic E-state index is 0.161. The van der Waals surface area contributed by atoms with E-state index in [1.807, 2.05) is 4.90 Å². The lowest BCUT2D eigenvalue weighted by Crippen LogP contribution is -2.44. The third kappa shape index (κ3) is 2.54. The molecule has 0 aromatic rings. The van der Waals surface area contributed by atoms with Gasteiger partial charge in [-0.2, -0.15) is 0 Å². The number of nitrogens with zero attached hydrogens (tertiary/aromatic N) is 2. The van der Waals surface area contributed by atoms with Gasteiger partial charge in [-0.3, -0.25) is 9.59 Å². The number of hydrogen-bond donors (Lipinski definition) is 0. The van der Waals surface area contributed by atoms with Gasteiger partial charge >= 0.3 is 0 Å². The Morgan fingerprint density at radius 1 is 1.00 bits per heavy atom. The molecule has 0 aromatic carbocycles. The lowest BCUT2D eigenvalue weighted by Gasteiger charge is -2.34. The molecule has 4 heteroatoms. The van der Waals surface area contributed by atoms with Crippen molar-refractivity contribution in [3.63, 3.8) is 0 Å². The number of piperidine rings is 2. The van der Waals surface area contributed by atoms with Crippen LogP contribution in [0.5, 0.6) is 0 Å². The van der Waals surface area contributed by atoms with Crippen LogP contribution in [0.15, 0.2) is 0 Å². The van der Waals surface area contributed by atoms with E-state index in [0.717, 1.165) is 58.3 Å². The second-order valence-corrected chi connectivity index (χ2v) is 4.80. The predicted octanol–water partition coefficient (Wildman–Crippen LogP) is 0.867. The SMILES string of the molecule is O=CN1CCC(C(=O)N2CCCCC2)CC1. The second kappa shape index (κ2) is 5.32. The van der Waals surface area contributed by atoms with E-state index in [4.69, 9.17) is 0 Å². The summed E-state index contributed by atoms with van der Waals surface area (Å²) in [6.45, 7) is 3.36. The number of hydrogen-bond acceptors (Lipinski definition) is 2. The second-order valence-electron chi connectivity index (χ2n) is 4.80. The first-order valence-corrected chi connectivity index (χ1v) is 6.29. The molecule has 2 heterocycles. The van der Waals surface area contributed by atoms with Crippen LogP contribution in [0.25, 0.3) is 0 Å². The van der Waals surface area contributed by atoms with Gasteiger partial charge in [0, 0.05) is 32.1 Å². The average molecular weight is 224 g/mol. The van der Waals surface area contributed by atoms with Crippen molar-refractivity contribution >= 4 is 12.3 Å². The monoisotopic (exact) mass is 224 g/mol. The lowest BCUT2D eigenvalue weighted by atomic mass is 9.94. The number of carbonyl (C=O) groups excluding carboxylic acids is 2. The maximum atomic E-state index is 12.2. The van der Waals surface area contributed by atoms with Crippen LogP contribution < -0.4 is 0 Å². The smallest absolute Gasteiger partial charge is 0.225 e. The third-order valence-corrected chi connectivity index (χ3v) is 3.70. The number of likely N-dealkylation sites (tertiary alicyclic amines) is 2. The van der Waals surface area contributed by atoms with Gasteiger partial charge in [0.25, 0.3) is 0 Å². The van der Waals surface area contributed by atoms with Crippen molar-refractivity contribution in [2.24, 2.45) is 5.92 Å². The van der Waals surface area contributed by atoms with E-state index in [0.29, 0.717) is 5.91 Å². The lowest BCUT2D eigenvalue weighted by molar-refractivity contribution is -0.139. The molecule has 2 aliphatic rings. The van der Waals surface area contributed by atoms with Crippen LogP contribution >= 0.6 is 0 Å². The van der Waals surface area contributed by atoms with Crippen molar-refractivity contribution in [3.05, 3.63) is 0 Å². The van der Waals surface area contributed by atoms with Gasteiger partial charge in [-0.25, -0.2) is 0 Å². The van der Waals surface area contributed by atoms with Gasteiger partial charge < -0.3 is 9.80 Å². The Labute approximate surface area is 96.6 Å². The number of amides is 2. The zero-order valence-electron chi connectivity index (χ0n) is 9.73. The Kier molecular flexibility index (Phi) is 3.80. The van der Waals surface area contributed by atoms with E-state index in [1.54, 1.807) is 4.90 Å². The van der Waals surface area contributed by atoms with Crippen LogP contribution in [0, 0.1) is 5.92 Å². The summed E-state index contributed by atoms with van der Waals surface area (Å²) >= 11 is 0. The fourth-order valence-electron chi connectivity index (χ4n) is 2.62. The fourth-order valence-corrected chi connectivity index (χ4v) is 2.62. The molecule has 0 N–H and O–H groups in total. The molecule has 0 bridgehead atoms. The van der Waals surface area contributed by atoms with Crippen LogP contribution in [0.3, 0.4) is 0 Å². The van der Waals surface area contributed by atoms with Gasteiger partial charge in [0.05, 0.1) is 0 Å². The van der Waals surface area contributed by atoms with Gasteiger partial charge in [0.1, 0.15) is 0 Å². The maximum Gasteiger partial charge on any atom is 0.225 e. The molecule has 2 fully saturated rings. The van der Waals surface area contributed by atoms with Crippen molar-refractivity contribution < 1.29 is 9.59 Å². The molecule has 0 spiro atoms. The van der Waals surface area contributed by atoms with Crippen molar-refractivity contribution in [2.75, 3.05) is 26.2 Å². The zero-order valence-corrected chi connectivity index (χ0v) is 9.73. The first-order valence-electron chi connectivity index (χ1n) is 6.29. The summed E-state index contributed by atoms with van der Waals surface area (Å²) in [5, 5.41) is 0. The van der Waals surface area contributed by atoms with E-state index < -0.39 is 0 Å². The summed E-state index contributed by atoms with van der Waals surface area (Å²) in [6.07, 6.45) is 6.13. The summed E-state index contributed by atoms with van der Waals surface area (Å²) in [6, 6.07) is 0. The molecule has 16 heavy (non-hydrogen) atoms. The standard InChI is InChI=1S/C12H20N2O2/c15-10-13-8-4-11(5-9-13)12(16)14-6-2-1-3-7-14/h10-11H,1-9H2. The highest BCUT2D eigenvalue weighted by Crippen LogP contribution is 2.21. The highest BCUT2D eigenvalue weighted by molar-refractivity contribution is 5.79. The molecule has 0 aromatic heterocycles. The van der Waals surface area contributed by atoms with Gasteiger partial charge in [-0.15, -0.1) is 0 Å². The molecule has 2 amide bonds. The molecule has 0 aliphatic carbocycles. The Balaban J connectivity index is 1.83. The molecular formula is C12H20N2O2. The van der Waals surface area contributed by atoms with Crippen molar-refractivity contribution in [1.82, 2.24) is 9.80 Å². The van der Waals surface area contributed by atoms with Crippen LogP contribution in [-0.2, 0) is 9.59 Å². The molecule has 2 saturated heterocycles. The first kappa shape index (κ1) is 11.4. The van der Waals surface area contributed by atoms with Crippen molar-refractivity contribution in [1.29, 1.82) is 0 Å². The molecule has 0 radical (unpaired) electrons. The molecule has 0 unspecified atom stereocenters. The normalized spacial score (nSPS) is 23.2. The quantitative estimate of drug-likeness (QED) is 0.653. The van der Waals surface area contributed by atoms with Crippen molar-refractivity contribution in [2.45, 2.75) is 32.1 Å². The average Bonchev–Trinajstić information content (AvgIpc) is 2.39.